The van der Waals surface area contributed by atoms with E-state index in [9.17, 15) is 49.2 Å². The normalized spacial score (nSPS) is 11.1. The van der Waals surface area contributed by atoms with Gasteiger partial charge in [-0.15, -0.1) is 0 Å². The summed E-state index contributed by atoms with van der Waals surface area (Å²) in [7, 11) is 0. The number of carboxylic acid groups (broad SMARTS) is 4. The fourth-order valence-corrected chi connectivity index (χ4v) is 4.61. The summed E-state index contributed by atoms with van der Waals surface area (Å²) in [5.41, 5.74) is -2.72. The van der Waals surface area contributed by atoms with E-state index in [-0.39, 0.29) is 28.1 Å². The molecular weight excluding hydrogens is 654 g/mol. The Kier molecular flexibility index (Phi) is 9.88. The Morgan fingerprint density at radius 2 is 0.940 bits per heavy atom. The summed E-state index contributed by atoms with van der Waals surface area (Å²) in [4.78, 5) is 83.7. The predicted octanol–water partition coefficient (Wildman–Crippen LogP) is 4.34. The van der Waals surface area contributed by atoms with Crippen molar-refractivity contribution in [2.75, 3.05) is 0 Å². The van der Waals surface area contributed by atoms with E-state index in [0.717, 1.165) is 12.1 Å². The highest BCUT2D eigenvalue weighted by Gasteiger charge is 2.32. The average Bonchev–Trinajstić information content (AvgIpc) is 3.11. The van der Waals surface area contributed by atoms with Crippen LogP contribution in [0.3, 0.4) is 0 Å². The van der Waals surface area contributed by atoms with Crippen LogP contribution < -0.4 is 14.8 Å². The van der Waals surface area contributed by atoms with Crippen molar-refractivity contribution in [1.29, 1.82) is 0 Å². The van der Waals surface area contributed by atoms with Crippen molar-refractivity contribution in [2.24, 2.45) is 0 Å². The van der Waals surface area contributed by atoms with Crippen LogP contribution in [0.15, 0.2) is 103 Å². The molecule has 0 spiro atoms. The molecule has 0 aliphatic rings. The molecule has 1 amide bonds. The maximum atomic E-state index is 13.8. The van der Waals surface area contributed by atoms with Crippen molar-refractivity contribution in [3.05, 3.63) is 131 Å². The number of amides is 1. The molecular formula is C35H23N3O12. The van der Waals surface area contributed by atoms with E-state index in [1.807, 2.05) is 0 Å². The molecule has 0 aliphatic heterocycles. The topological polar surface area (TPSA) is 240 Å². The maximum Gasteiger partial charge on any atom is 0.375 e. The first-order valence-electron chi connectivity index (χ1n) is 14.3. The Labute approximate surface area is 281 Å². The second-order valence-corrected chi connectivity index (χ2v) is 10.2. The number of carbonyl (C=O) groups is 6. The molecule has 0 fully saturated rings. The first-order chi connectivity index (χ1) is 23.9. The highest BCUT2D eigenvalue weighted by atomic mass is 16.6. The molecule has 3 aromatic carbocycles. The minimum Gasteiger partial charge on any atom is -0.478 e. The van der Waals surface area contributed by atoms with Gasteiger partial charge in [-0.2, -0.15) is 0 Å². The van der Waals surface area contributed by atoms with Gasteiger partial charge in [0.05, 0.1) is 22.5 Å². The van der Waals surface area contributed by atoms with Crippen LogP contribution in [0.2, 0.25) is 0 Å². The molecule has 15 heteroatoms. The molecule has 1 atom stereocenters. The summed E-state index contributed by atoms with van der Waals surface area (Å²) in [5.74, 6) is -10.6. The molecule has 5 rings (SSSR count). The van der Waals surface area contributed by atoms with Gasteiger partial charge in [-0.05, 0) is 24.3 Å². The van der Waals surface area contributed by atoms with Crippen molar-refractivity contribution in [3.63, 3.8) is 0 Å². The lowest BCUT2D eigenvalue weighted by atomic mass is 10.0. The van der Waals surface area contributed by atoms with Crippen LogP contribution in [0.1, 0.15) is 51.8 Å². The average molecular weight is 678 g/mol. The van der Waals surface area contributed by atoms with Gasteiger partial charge in [-0.3, -0.25) is 4.79 Å². The van der Waals surface area contributed by atoms with Crippen LogP contribution >= 0.6 is 0 Å². The number of ether oxygens (including phenoxy) is 2. The van der Waals surface area contributed by atoms with E-state index in [2.05, 4.69) is 15.3 Å². The first kappa shape index (κ1) is 33.9. The van der Waals surface area contributed by atoms with Crippen molar-refractivity contribution in [2.45, 2.75) is 6.23 Å². The number of aromatic carboxylic acids is 4. The number of carboxylic acids is 4. The minimum absolute atomic E-state index is 0.0213. The molecule has 250 valence electrons. The fraction of sp³-hybridized carbons (Fsp3) is 0.0286. The van der Waals surface area contributed by atoms with Crippen LogP contribution in [0.25, 0.3) is 22.5 Å². The largest absolute Gasteiger partial charge is 0.478 e. The molecule has 0 aliphatic carbocycles. The Morgan fingerprint density at radius 3 is 1.38 bits per heavy atom. The third kappa shape index (κ3) is 7.42. The Morgan fingerprint density at radius 1 is 0.540 bits per heavy atom. The van der Waals surface area contributed by atoms with Gasteiger partial charge in [0.25, 0.3) is 12.1 Å². The van der Waals surface area contributed by atoms with Crippen LogP contribution in [-0.2, 0) is 4.79 Å². The Bertz CT molecular complexity index is 2140. The molecule has 1 unspecified atom stereocenters. The van der Waals surface area contributed by atoms with Crippen molar-refractivity contribution in [3.8, 4) is 34.3 Å². The van der Waals surface area contributed by atoms with Crippen LogP contribution in [0, 0.1) is 0 Å². The number of hydrogen-bond donors (Lipinski definition) is 5. The van der Waals surface area contributed by atoms with Gasteiger partial charge in [0.1, 0.15) is 11.1 Å². The lowest BCUT2D eigenvalue weighted by molar-refractivity contribution is -0.143. The monoisotopic (exact) mass is 677 g/mol. The van der Waals surface area contributed by atoms with Crippen molar-refractivity contribution >= 4 is 35.8 Å². The molecule has 0 bridgehead atoms. The predicted molar refractivity (Wildman–Crippen MR) is 171 cm³/mol. The second kappa shape index (κ2) is 14.6. The number of pyridine rings is 2. The van der Waals surface area contributed by atoms with Gasteiger partial charge >= 0.3 is 29.8 Å². The number of rotatable bonds is 12. The third-order valence-corrected chi connectivity index (χ3v) is 6.93. The number of esters is 1. The maximum absolute atomic E-state index is 13.8. The molecule has 2 aromatic heterocycles. The number of nitrogens with one attached hydrogen (secondary N) is 1. The molecule has 5 N–H and O–H groups in total. The summed E-state index contributed by atoms with van der Waals surface area (Å²) >= 11 is 0. The lowest BCUT2D eigenvalue weighted by Crippen LogP contribution is -2.47. The quantitative estimate of drug-likeness (QED) is 0.0912. The van der Waals surface area contributed by atoms with E-state index >= 15 is 0 Å². The Balaban J connectivity index is 1.63. The number of aromatic nitrogens is 2. The van der Waals surface area contributed by atoms with Crippen LogP contribution in [0.5, 0.6) is 11.8 Å². The lowest BCUT2D eigenvalue weighted by Gasteiger charge is -2.21. The number of benzene rings is 3. The van der Waals surface area contributed by atoms with Crippen molar-refractivity contribution in [1.82, 2.24) is 15.3 Å². The van der Waals surface area contributed by atoms with Gasteiger partial charge in [0.15, 0.2) is 0 Å². The highest BCUT2D eigenvalue weighted by Crippen LogP contribution is 2.31. The number of nitrogens with zero attached hydrogens (tertiary/aromatic N) is 2. The SMILES string of the molecule is O=C(NC(Oc1nc(-c2ccccc2)c(C(=O)O)cc1C(=O)O)C(=O)Oc1nc(-c2ccccc2)c(C(=O)O)cc1C(=O)O)c1ccccc1. The van der Waals surface area contributed by atoms with Gasteiger partial charge in [0.2, 0.25) is 11.8 Å². The third-order valence-electron chi connectivity index (χ3n) is 6.93. The molecule has 0 saturated carbocycles. The summed E-state index contributed by atoms with van der Waals surface area (Å²) < 4.78 is 11.0. The molecule has 0 saturated heterocycles. The summed E-state index contributed by atoms with van der Waals surface area (Å²) in [6, 6.07) is 24.4. The summed E-state index contributed by atoms with van der Waals surface area (Å²) in [6.45, 7) is 0. The Hall–Kier alpha value is -7.42. The molecule has 0 radical (unpaired) electrons. The molecule has 50 heavy (non-hydrogen) atoms. The standard InChI is InChI=1S/C35H23N3O12/c39-27(20-14-8-3-9-15-20)38-30(49-28-23(33(44)45)16-21(31(40)41)25(36-28)18-10-4-1-5-11-18)35(48)50-29-24(34(46)47)17-22(32(42)43)26(37-29)19-12-6-2-7-13-19/h1-17,30H,(H,38,39)(H,40,41)(H,42,43)(H,44,45)(H,46,47). The second-order valence-electron chi connectivity index (χ2n) is 10.2. The van der Waals surface area contributed by atoms with Gasteiger partial charge in [-0.25, -0.2) is 33.9 Å². The van der Waals surface area contributed by atoms with Crippen molar-refractivity contribution < 1.29 is 58.7 Å². The number of carbonyl (C=O) groups excluding carboxylic acids is 2. The van der Waals surface area contributed by atoms with Crippen LogP contribution in [-0.4, -0.2) is 72.4 Å². The van der Waals surface area contributed by atoms with Gasteiger partial charge in [-0.1, -0.05) is 78.9 Å². The van der Waals surface area contributed by atoms with Crippen LogP contribution in [0.4, 0.5) is 0 Å². The van der Waals surface area contributed by atoms with E-state index < -0.39 is 76.0 Å². The van der Waals surface area contributed by atoms with E-state index in [1.165, 1.54) is 48.5 Å². The number of hydrogen-bond acceptors (Lipinski definition) is 10. The van der Waals surface area contributed by atoms with E-state index in [1.54, 1.807) is 42.5 Å². The van der Waals surface area contributed by atoms with Gasteiger partial charge < -0.3 is 35.2 Å². The zero-order valence-electron chi connectivity index (χ0n) is 25.3. The fourth-order valence-electron chi connectivity index (χ4n) is 4.61. The highest BCUT2D eigenvalue weighted by molar-refractivity contribution is 6.02. The van der Waals surface area contributed by atoms with Gasteiger partial charge in [0, 0.05) is 16.7 Å². The molecule has 5 aromatic rings. The van der Waals surface area contributed by atoms with E-state index in [4.69, 9.17) is 9.47 Å². The zero-order chi connectivity index (χ0) is 35.9. The van der Waals surface area contributed by atoms with E-state index in [0.29, 0.717) is 0 Å². The molecule has 15 nitrogen and oxygen atoms in total. The zero-order valence-corrected chi connectivity index (χ0v) is 25.3. The molecule has 2 heterocycles. The smallest absolute Gasteiger partial charge is 0.375 e. The summed E-state index contributed by atoms with van der Waals surface area (Å²) in [5, 5.41) is 41.7. The minimum atomic E-state index is -2.25. The first-order valence-corrected chi connectivity index (χ1v) is 14.3. The summed E-state index contributed by atoms with van der Waals surface area (Å²) in [6.07, 6.45) is -2.25.